The van der Waals surface area contributed by atoms with Gasteiger partial charge in [-0.05, 0) is 32.4 Å². The fourth-order valence-electron chi connectivity index (χ4n) is 1.28. The van der Waals surface area contributed by atoms with Gasteiger partial charge >= 0.3 is 5.97 Å². The summed E-state index contributed by atoms with van der Waals surface area (Å²) in [5.74, 6) is -1.70. The summed E-state index contributed by atoms with van der Waals surface area (Å²) in [5.41, 5.74) is 1.01. The van der Waals surface area contributed by atoms with Gasteiger partial charge in [0.2, 0.25) is 0 Å². The summed E-state index contributed by atoms with van der Waals surface area (Å²) in [6.07, 6.45) is 0. The fourth-order valence-corrected chi connectivity index (χ4v) is 1.86. The van der Waals surface area contributed by atoms with Crippen molar-refractivity contribution in [3.63, 3.8) is 0 Å². The van der Waals surface area contributed by atoms with Gasteiger partial charge in [-0.2, -0.15) is 0 Å². The minimum atomic E-state index is -1.15. The molecule has 1 aromatic heterocycles. The molecule has 0 bridgehead atoms. The van der Waals surface area contributed by atoms with E-state index in [2.05, 4.69) is 10.3 Å². The first-order valence-electron chi connectivity index (χ1n) is 5.28. The lowest BCUT2D eigenvalue weighted by Crippen LogP contribution is -2.17. The average Bonchev–Trinajstić information content (AvgIpc) is 2.31. The van der Waals surface area contributed by atoms with Crippen LogP contribution in [0.5, 0.6) is 0 Å². The van der Waals surface area contributed by atoms with Crippen LogP contribution in [0.25, 0.3) is 0 Å². The van der Waals surface area contributed by atoms with Gasteiger partial charge in [-0.25, -0.2) is 9.78 Å². The third-order valence-electron chi connectivity index (χ3n) is 2.60. The zero-order valence-corrected chi connectivity index (χ0v) is 12.1. The molecule has 7 heteroatoms. The Balaban J connectivity index is 3.08. The molecule has 0 radical (unpaired) electrons. The molecule has 0 aliphatic carbocycles. The lowest BCUT2D eigenvalue weighted by Gasteiger charge is -2.11. The van der Waals surface area contributed by atoms with Crippen LogP contribution < -0.4 is 5.32 Å². The Morgan fingerprint density at radius 2 is 1.84 bits per heavy atom. The Morgan fingerprint density at radius 3 is 2.32 bits per heavy atom. The van der Waals surface area contributed by atoms with E-state index in [0.29, 0.717) is 11.3 Å². The lowest BCUT2D eigenvalue weighted by molar-refractivity contribution is -0.133. The first-order chi connectivity index (χ1) is 8.73. The van der Waals surface area contributed by atoms with Gasteiger partial charge in [0.15, 0.2) is 5.15 Å². The zero-order chi connectivity index (χ0) is 14.7. The van der Waals surface area contributed by atoms with Crippen LogP contribution in [0.3, 0.4) is 0 Å². The number of carboxylic acids is 1. The second kappa shape index (κ2) is 6.04. The molecule has 1 rings (SSSR count). The van der Waals surface area contributed by atoms with Gasteiger partial charge in [-0.15, -0.1) is 0 Å². The molecule has 19 heavy (non-hydrogen) atoms. The van der Waals surface area contributed by atoms with Gasteiger partial charge in [0.1, 0.15) is 5.15 Å². The van der Waals surface area contributed by atoms with E-state index in [0.717, 1.165) is 0 Å². The van der Waals surface area contributed by atoms with Crippen molar-refractivity contribution in [2.45, 2.75) is 20.8 Å². The Hall–Kier alpha value is -1.59. The number of amides is 1. The first-order valence-corrected chi connectivity index (χ1v) is 6.04. The summed E-state index contributed by atoms with van der Waals surface area (Å²) in [5, 5.41) is 11.6. The highest BCUT2D eigenvalue weighted by atomic mass is 35.5. The maximum Gasteiger partial charge on any atom is 0.331 e. The quantitative estimate of drug-likeness (QED) is 0.664. The topological polar surface area (TPSA) is 79.3 Å². The Labute approximate surface area is 120 Å². The van der Waals surface area contributed by atoms with E-state index < -0.39 is 11.9 Å². The highest BCUT2D eigenvalue weighted by Crippen LogP contribution is 2.26. The molecular formula is C12H12Cl2N2O3. The van der Waals surface area contributed by atoms with Crippen LogP contribution in [0.15, 0.2) is 17.2 Å². The number of nitrogens with one attached hydrogen (secondary N) is 1. The molecule has 0 aromatic carbocycles. The van der Waals surface area contributed by atoms with Crippen molar-refractivity contribution in [1.82, 2.24) is 4.98 Å². The number of carboxylic acid groups (broad SMARTS) is 1. The summed E-state index contributed by atoms with van der Waals surface area (Å²) < 4.78 is 0. The summed E-state index contributed by atoms with van der Waals surface area (Å²) >= 11 is 11.6. The molecule has 102 valence electrons. The van der Waals surface area contributed by atoms with Gasteiger partial charge < -0.3 is 10.4 Å². The van der Waals surface area contributed by atoms with Crippen LogP contribution in [0, 0.1) is 6.92 Å². The minimum Gasteiger partial charge on any atom is -0.478 e. The Morgan fingerprint density at radius 1 is 1.26 bits per heavy atom. The third kappa shape index (κ3) is 3.68. The average molecular weight is 303 g/mol. The van der Waals surface area contributed by atoms with Crippen LogP contribution in [-0.4, -0.2) is 22.0 Å². The number of pyridine rings is 1. The summed E-state index contributed by atoms with van der Waals surface area (Å²) in [4.78, 5) is 26.5. The molecule has 5 nitrogen and oxygen atoms in total. The summed E-state index contributed by atoms with van der Waals surface area (Å²) in [6, 6.07) is 1.55. The molecule has 0 saturated heterocycles. The number of aliphatic carboxylic acids is 1. The molecule has 0 aliphatic heterocycles. The van der Waals surface area contributed by atoms with Crippen LogP contribution in [0.2, 0.25) is 10.3 Å². The molecule has 1 amide bonds. The van der Waals surface area contributed by atoms with Gasteiger partial charge in [-0.1, -0.05) is 23.2 Å². The zero-order valence-electron chi connectivity index (χ0n) is 10.5. The predicted molar refractivity (Wildman–Crippen MR) is 73.6 cm³/mol. The molecule has 1 heterocycles. The summed E-state index contributed by atoms with van der Waals surface area (Å²) in [7, 11) is 0. The second-order valence-corrected chi connectivity index (χ2v) is 4.68. The monoisotopic (exact) mass is 302 g/mol. The number of rotatable bonds is 3. The minimum absolute atomic E-state index is 0.0341. The van der Waals surface area contributed by atoms with Crippen molar-refractivity contribution in [2.75, 3.05) is 5.32 Å². The number of carbonyl (C=O) groups is 2. The fraction of sp³-hybridized carbons (Fsp3) is 0.250. The maximum atomic E-state index is 11.9. The number of hydrogen-bond donors (Lipinski definition) is 2. The third-order valence-corrected chi connectivity index (χ3v) is 3.07. The first kappa shape index (κ1) is 15.5. The van der Waals surface area contributed by atoms with E-state index in [1.165, 1.54) is 13.8 Å². The molecule has 0 atom stereocenters. The van der Waals surface area contributed by atoms with Crippen molar-refractivity contribution in [2.24, 2.45) is 0 Å². The number of hydrogen-bond acceptors (Lipinski definition) is 3. The number of carbonyl (C=O) groups excluding carboxylic acids is 1. The molecule has 0 saturated carbocycles. The number of anilines is 1. The SMILES string of the molecule is CC(C(=O)O)=C(C)C(=O)Nc1c(C)cc(Cl)nc1Cl. The van der Waals surface area contributed by atoms with E-state index in [-0.39, 0.29) is 21.5 Å². The number of aryl methyl sites for hydroxylation is 1. The lowest BCUT2D eigenvalue weighted by atomic mass is 10.1. The van der Waals surface area contributed by atoms with Gasteiger partial charge in [0.05, 0.1) is 5.69 Å². The smallest absolute Gasteiger partial charge is 0.331 e. The molecule has 0 unspecified atom stereocenters. The highest BCUT2D eigenvalue weighted by Gasteiger charge is 2.16. The predicted octanol–water partition coefficient (Wildman–Crippen LogP) is 3.06. The molecule has 0 spiro atoms. The molecule has 0 aliphatic rings. The van der Waals surface area contributed by atoms with Crippen molar-refractivity contribution < 1.29 is 14.7 Å². The maximum absolute atomic E-state index is 11.9. The van der Waals surface area contributed by atoms with E-state index in [4.69, 9.17) is 28.3 Å². The number of nitrogens with zero attached hydrogens (tertiary/aromatic N) is 1. The molecule has 2 N–H and O–H groups in total. The summed E-state index contributed by atoms with van der Waals surface area (Å²) in [6.45, 7) is 4.48. The Kier molecular flexibility index (Phi) is 4.91. The van der Waals surface area contributed by atoms with Gasteiger partial charge in [0, 0.05) is 11.1 Å². The number of halogens is 2. The van der Waals surface area contributed by atoms with Gasteiger partial charge in [-0.3, -0.25) is 4.79 Å². The van der Waals surface area contributed by atoms with E-state index in [9.17, 15) is 9.59 Å². The van der Waals surface area contributed by atoms with Crippen molar-refractivity contribution in [1.29, 1.82) is 0 Å². The number of aromatic nitrogens is 1. The van der Waals surface area contributed by atoms with Crippen molar-refractivity contribution >= 4 is 40.8 Å². The normalized spacial score (nSPS) is 11.8. The Bertz CT molecular complexity index is 559. The van der Waals surface area contributed by atoms with Crippen LogP contribution in [-0.2, 0) is 9.59 Å². The van der Waals surface area contributed by atoms with Crippen LogP contribution in [0.1, 0.15) is 19.4 Å². The van der Waals surface area contributed by atoms with Gasteiger partial charge in [0.25, 0.3) is 5.91 Å². The van der Waals surface area contributed by atoms with E-state index in [1.54, 1.807) is 13.0 Å². The highest BCUT2D eigenvalue weighted by molar-refractivity contribution is 6.35. The molecule has 1 aromatic rings. The second-order valence-electron chi connectivity index (χ2n) is 3.94. The molecule has 0 fully saturated rings. The van der Waals surface area contributed by atoms with Crippen LogP contribution >= 0.6 is 23.2 Å². The largest absolute Gasteiger partial charge is 0.478 e. The van der Waals surface area contributed by atoms with Crippen LogP contribution in [0.4, 0.5) is 5.69 Å². The van der Waals surface area contributed by atoms with E-state index in [1.807, 2.05) is 0 Å². The van der Waals surface area contributed by atoms with E-state index >= 15 is 0 Å². The standard InChI is InChI=1S/C12H12Cl2N2O3/c1-5-4-8(13)15-10(14)9(5)16-11(17)6(2)7(3)12(18)19/h4H,1-3H3,(H,16,17)(H,18,19). The molecular weight excluding hydrogens is 291 g/mol. The van der Waals surface area contributed by atoms with Crippen molar-refractivity contribution in [3.8, 4) is 0 Å². The van der Waals surface area contributed by atoms with Crippen molar-refractivity contribution in [3.05, 3.63) is 33.1 Å².